The van der Waals surface area contributed by atoms with Crippen LogP contribution in [0.25, 0.3) is 0 Å². The fourth-order valence-electron chi connectivity index (χ4n) is 1.00. The number of hydrogen-bond acceptors (Lipinski definition) is 4. The molecule has 14 heavy (non-hydrogen) atoms. The standard InChI is InChI=1S/C9H14N4S/c1-4-13(6-8(2)5-10)9(14-3)12-7-11/h8H,4,6H2,1-3H3. The zero-order valence-electron chi connectivity index (χ0n) is 8.69. The van der Waals surface area contributed by atoms with Crippen LogP contribution in [0.3, 0.4) is 0 Å². The molecule has 0 spiro atoms. The lowest BCUT2D eigenvalue weighted by atomic mass is 10.2. The molecule has 0 aromatic heterocycles. The van der Waals surface area contributed by atoms with Crippen molar-refractivity contribution in [2.75, 3.05) is 19.3 Å². The number of aliphatic imine (C=N–C) groups is 1. The SMILES string of the molecule is CCN(CC(C)C#N)C(=NC#N)SC. The summed E-state index contributed by atoms with van der Waals surface area (Å²) in [5, 5.41) is 17.8. The third-order valence-corrected chi connectivity index (χ3v) is 2.41. The minimum atomic E-state index is -0.0500. The van der Waals surface area contributed by atoms with E-state index in [4.69, 9.17) is 10.5 Å². The molecule has 0 aromatic rings. The van der Waals surface area contributed by atoms with Crippen LogP contribution in [-0.4, -0.2) is 29.4 Å². The molecular formula is C9H14N4S. The van der Waals surface area contributed by atoms with E-state index in [-0.39, 0.29) is 5.92 Å². The average molecular weight is 210 g/mol. The minimum absolute atomic E-state index is 0.0500. The minimum Gasteiger partial charge on any atom is -0.350 e. The number of rotatable bonds is 3. The van der Waals surface area contributed by atoms with Crippen LogP contribution in [0.15, 0.2) is 4.99 Å². The molecule has 0 aliphatic carbocycles. The van der Waals surface area contributed by atoms with Gasteiger partial charge in [-0.1, -0.05) is 11.8 Å². The van der Waals surface area contributed by atoms with Crippen LogP contribution >= 0.6 is 11.8 Å². The number of hydrogen-bond donors (Lipinski definition) is 0. The molecule has 0 bridgehead atoms. The lowest BCUT2D eigenvalue weighted by molar-refractivity contribution is 0.411. The van der Waals surface area contributed by atoms with Crippen LogP contribution < -0.4 is 0 Å². The van der Waals surface area contributed by atoms with Crippen molar-refractivity contribution in [3.05, 3.63) is 0 Å². The van der Waals surface area contributed by atoms with E-state index >= 15 is 0 Å². The molecule has 0 saturated heterocycles. The molecule has 0 aliphatic rings. The lowest BCUT2D eigenvalue weighted by Gasteiger charge is -2.23. The maximum atomic E-state index is 8.68. The number of amidine groups is 1. The van der Waals surface area contributed by atoms with Crippen molar-refractivity contribution in [1.82, 2.24) is 4.90 Å². The van der Waals surface area contributed by atoms with Gasteiger partial charge in [0, 0.05) is 13.1 Å². The van der Waals surface area contributed by atoms with Gasteiger partial charge in [-0.15, -0.1) is 4.99 Å². The summed E-state index contributed by atoms with van der Waals surface area (Å²) in [5.74, 6) is -0.0500. The maximum absolute atomic E-state index is 8.68. The van der Waals surface area contributed by atoms with E-state index in [1.807, 2.05) is 25.0 Å². The molecule has 0 aromatic carbocycles. The predicted molar refractivity (Wildman–Crippen MR) is 58.6 cm³/mol. The predicted octanol–water partition coefficient (Wildman–Crippen LogP) is 1.67. The summed E-state index contributed by atoms with van der Waals surface area (Å²) < 4.78 is 0. The fraction of sp³-hybridized carbons (Fsp3) is 0.667. The van der Waals surface area contributed by atoms with Crippen molar-refractivity contribution in [2.24, 2.45) is 10.9 Å². The van der Waals surface area contributed by atoms with Crippen LogP contribution in [0.2, 0.25) is 0 Å². The van der Waals surface area contributed by atoms with E-state index < -0.39 is 0 Å². The van der Waals surface area contributed by atoms with Crippen LogP contribution in [0.5, 0.6) is 0 Å². The van der Waals surface area contributed by atoms with E-state index in [0.717, 1.165) is 6.54 Å². The van der Waals surface area contributed by atoms with E-state index in [0.29, 0.717) is 11.7 Å². The maximum Gasteiger partial charge on any atom is 0.208 e. The molecule has 0 aliphatic heterocycles. The molecule has 1 atom stereocenters. The zero-order chi connectivity index (χ0) is 11.0. The second-order valence-electron chi connectivity index (χ2n) is 2.77. The summed E-state index contributed by atoms with van der Waals surface area (Å²) in [7, 11) is 0. The molecule has 0 saturated carbocycles. The largest absolute Gasteiger partial charge is 0.350 e. The van der Waals surface area contributed by atoms with Crippen molar-refractivity contribution in [1.29, 1.82) is 10.5 Å². The molecule has 0 fully saturated rings. The summed E-state index contributed by atoms with van der Waals surface area (Å²) >= 11 is 1.42. The highest BCUT2D eigenvalue weighted by molar-refractivity contribution is 8.13. The Morgan fingerprint density at radius 3 is 2.57 bits per heavy atom. The average Bonchev–Trinajstić information content (AvgIpc) is 2.22. The van der Waals surface area contributed by atoms with Gasteiger partial charge in [0.25, 0.3) is 0 Å². The normalized spacial score (nSPS) is 12.8. The Hall–Kier alpha value is -1.20. The summed E-state index contributed by atoms with van der Waals surface area (Å²) in [6, 6.07) is 2.16. The van der Waals surface area contributed by atoms with Crippen LogP contribution in [0.1, 0.15) is 13.8 Å². The Kier molecular flexibility index (Phi) is 6.61. The van der Waals surface area contributed by atoms with Gasteiger partial charge < -0.3 is 4.90 Å². The molecule has 0 heterocycles. The Balaban J connectivity index is 4.48. The van der Waals surface area contributed by atoms with E-state index in [2.05, 4.69) is 11.1 Å². The molecule has 0 radical (unpaired) electrons. The zero-order valence-corrected chi connectivity index (χ0v) is 9.51. The summed E-state index contributed by atoms with van der Waals surface area (Å²) in [5.41, 5.74) is 0. The van der Waals surface area contributed by atoms with Gasteiger partial charge in [-0.3, -0.25) is 0 Å². The van der Waals surface area contributed by atoms with Gasteiger partial charge in [0.15, 0.2) is 5.17 Å². The highest BCUT2D eigenvalue weighted by Gasteiger charge is 2.11. The van der Waals surface area contributed by atoms with Gasteiger partial charge in [-0.2, -0.15) is 10.5 Å². The van der Waals surface area contributed by atoms with Gasteiger partial charge in [0.2, 0.25) is 6.19 Å². The number of nitriles is 2. The van der Waals surface area contributed by atoms with Crippen molar-refractivity contribution < 1.29 is 0 Å². The molecule has 4 nitrogen and oxygen atoms in total. The smallest absolute Gasteiger partial charge is 0.208 e. The van der Waals surface area contributed by atoms with Crippen molar-refractivity contribution in [3.8, 4) is 12.3 Å². The van der Waals surface area contributed by atoms with Crippen molar-refractivity contribution >= 4 is 16.9 Å². The third-order valence-electron chi connectivity index (χ3n) is 1.70. The Labute approximate surface area is 89.2 Å². The Bertz CT molecular complexity index is 274. The summed E-state index contributed by atoms with van der Waals surface area (Å²) in [6.07, 6.45) is 3.64. The van der Waals surface area contributed by atoms with Gasteiger partial charge in [-0.25, -0.2) is 0 Å². The van der Waals surface area contributed by atoms with Gasteiger partial charge >= 0.3 is 0 Å². The van der Waals surface area contributed by atoms with E-state index in [1.54, 1.807) is 6.19 Å². The monoisotopic (exact) mass is 210 g/mol. The Morgan fingerprint density at radius 2 is 2.21 bits per heavy atom. The fourth-order valence-corrected chi connectivity index (χ4v) is 1.60. The van der Waals surface area contributed by atoms with Crippen molar-refractivity contribution in [2.45, 2.75) is 13.8 Å². The second kappa shape index (κ2) is 7.23. The van der Waals surface area contributed by atoms with Crippen LogP contribution in [0, 0.1) is 28.7 Å². The number of nitrogens with zero attached hydrogens (tertiary/aromatic N) is 4. The van der Waals surface area contributed by atoms with Gasteiger partial charge in [0.1, 0.15) is 0 Å². The Morgan fingerprint density at radius 1 is 1.57 bits per heavy atom. The first-order valence-electron chi connectivity index (χ1n) is 4.34. The molecule has 76 valence electrons. The first-order valence-corrected chi connectivity index (χ1v) is 5.57. The number of thioether (sulfide) groups is 1. The van der Waals surface area contributed by atoms with Crippen LogP contribution in [-0.2, 0) is 0 Å². The molecule has 5 heteroatoms. The molecular weight excluding hydrogens is 196 g/mol. The van der Waals surface area contributed by atoms with Crippen LogP contribution in [0.4, 0.5) is 0 Å². The molecule has 0 amide bonds. The second-order valence-corrected chi connectivity index (χ2v) is 3.54. The van der Waals surface area contributed by atoms with Crippen molar-refractivity contribution in [3.63, 3.8) is 0 Å². The third kappa shape index (κ3) is 4.15. The first kappa shape index (κ1) is 12.8. The molecule has 1 unspecified atom stereocenters. The van der Waals surface area contributed by atoms with E-state index in [1.165, 1.54) is 11.8 Å². The summed E-state index contributed by atoms with van der Waals surface area (Å²) in [6.45, 7) is 5.21. The highest BCUT2D eigenvalue weighted by Crippen LogP contribution is 2.08. The molecule has 0 rings (SSSR count). The summed E-state index contributed by atoms with van der Waals surface area (Å²) in [4.78, 5) is 5.64. The van der Waals surface area contributed by atoms with E-state index in [9.17, 15) is 0 Å². The first-order chi connectivity index (χ1) is 6.69. The topological polar surface area (TPSA) is 63.2 Å². The quantitative estimate of drug-likeness (QED) is 0.404. The highest BCUT2D eigenvalue weighted by atomic mass is 32.2. The van der Waals surface area contributed by atoms with Gasteiger partial charge in [-0.05, 0) is 20.1 Å². The van der Waals surface area contributed by atoms with Gasteiger partial charge in [0.05, 0.1) is 12.0 Å². The molecule has 0 N–H and O–H groups in total. The lowest BCUT2D eigenvalue weighted by Crippen LogP contribution is -2.32.